The molecule has 1 atom stereocenters. The van der Waals surface area contributed by atoms with Crippen molar-refractivity contribution < 1.29 is 14.6 Å². The summed E-state index contributed by atoms with van der Waals surface area (Å²) in [6, 6.07) is 7.86. The van der Waals surface area contributed by atoms with Crippen LogP contribution in [0.5, 0.6) is 5.75 Å². The molecule has 1 aliphatic rings. The van der Waals surface area contributed by atoms with Gasteiger partial charge in [-0.1, -0.05) is 24.6 Å². The maximum Gasteiger partial charge on any atom is 0.317 e. The lowest BCUT2D eigenvalue weighted by Crippen LogP contribution is -2.49. The van der Waals surface area contributed by atoms with Gasteiger partial charge in [0.25, 0.3) is 0 Å². The second kappa shape index (κ2) is 8.38. The van der Waals surface area contributed by atoms with Gasteiger partial charge >= 0.3 is 6.03 Å². The second-order valence-corrected chi connectivity index (χ2v) is 6.93. The highest BCUT2D eigenvalue weighted by atomic mass is 16.5. The largest absolute Gasteiger partial charge is 0.489 e. The van der Waals surface area contributed by atoms with Crippen molar-refractivity contribution in [1.29, 1.82) is 0 Å². The third kappa shape index (κ3) is 4.87. The zero-order valence-corrected chi connectivity index (χ0v) is 15.0. The Bertz CT molecular complexity index is 516. The lowest BCUT2D eigenvalue weighted by atomic mass is 9.77. The van der Waals surface area contributed by atoms with Crippen molar-refractivity contribution >= 4 is 6.03 Å². The molecule has 134 valence electrons. The predicted octanol–water partition coefficient (Wildman–Crippen LogP) is 2.96. The van der Waals surface area contributed by atoms with E-state index in [1.165, 1.54) is 5.56 Å². The van der Waals surface area contributed by atoms with E-state index in [1.54, 1.807) is 0 Å². The number of carbonyl (C=O) groups is 1. The maximum atomic E-state index is 12.3. The molecule has 0 saturated carbocycles. The number of likely N-dealkylation sites (tertiary alicyclic amines) is 1. The number of nitrogens with zero attached hydrogens (tertiary/aromatic N) is 1. The van der Waals surface area contributed by atoms with E-state index in [2.05, 4.69) is 12.2 Å². The summed E-state index contributed by atoms with van der Waals surface area (Å²) >= 11 is 0. The molecule has 1 unspecified atom stereocenters. The molecule has 5 heteroatoms. The van der Waals surface area contributed by atoms with Crippen LogP contribution in [0.15, 0.2) is 24.3 Å². The topological polar surface area (TPSA) is 61.8 Å². The molecule has 24 heavy (non-hydrogen) atoms. The zero-order chi connectivity index (χ0) is 17.6. The number of carbonyl (C=O) groups excluding carboxylic acids is 1. The molecule has 0 radical (unpaired) electrons. The van der Waals surface area contributed by atoms with Crippen LogP contribution < -0.4 is 10.1 Å². The van der Waals surface area contributed by atoms with Crippen molar-refractivity contribution in [1.82, 2.24) is 10.2 Å². The van der Waals surface area contributed by atoms with Crippen LogP contribution in [0.2, 0.25) is 0 Å². The fraction of sp³-hybridized carbons (Fsp3) is 0.632. The Hall–Kier alpha value is -1.75. The summed E-state index contributed by atoms with van der Waals surface area (Å²) in [4.78, 5) is 14.1. The van der Waals surface area contributed by atoms with Crippen molar-refractivity contribution in [2.75, 3.05) is 26.2 Å². The van der Waals surface area contributed by atoms with Gasteiger partial charge in [-0.25, -0.2) is 4.79 Å². The molecule has 0 aliphatic carbocycles. The van der Waals surface area contributed by atoms with E-state index in [0.29, 0.717) is 19.6 Å². The summed E-state index contributed by atoms with van der Waals surface area (Å²) in [7, 11) is 0. The Balaban J connectivity index is 1.74. The Morgan fingerprint density at radius 2 is 1.96 bits per heavy atom. The van der Waals surface area contributed by atoms with Gasteiger partial charge in [-0.05, 0) is 50.7 Å². The van der Waals surface area contributed by atoms with Gasteiger partial charge in [-0.3, -0.25) is 0 Å². The molecule has 2 N–H and O–H groups in total. The number of benzene rings is 1. The first kappa shape index (κ1) is 18.6. The molecule has 2 amide bonds. The SMILES string of the molecule is CCC1(CO)CCN(C(=O)NCC(C)Oc2ccc(C)cc2)CC1. The molecule has 0 bridgehead atoms. The second-order valence-electron chi connectivity index (χ2n) is 6.93. The van der Waals surface area contributed by atoms with Gasteiger partial charge in [0.2, 0.25) is 0 Å². The molecule has 5 nitrogen and oxygen atoms in total. The molecular formula is C19H30N2O3. The molecule has 1 fully saturated rings. The highest BCUT2D eigenvalue weighted by Gasteiger charge is 2.33. The number of hydrogen-bond donors (Lipinski definition) is 2. The van der Waals surface area contributed by atoms with E-state index < -0.39 is 0 Å². The normalized spacial score (nSPS) is 18.1. The third-order valence-corrected chi connectivity index (χ3v) is 5.10. The Morgan fingerprint density at radius 1 is 1.33 bits per heavy atom. The lowest BCUT2D eigenvalue weighted by molar-refractivity contribution is 0.0515. The average molecular weight is 334 g/mol. The first-order chi connectivity index (χ1) is 11.5. The van der Waals surface area contributed by atoms with Gasteiger partial charge in [-0.15, -0.1) is 0 Å². The fourth-order valence-electron chi connectivity index (χ4n) is 3.04. The molecule has 1 aliphatic heterocycles. The Kier molecular flexibility index (Phi) is 6.49. The summed E-state index contributed by atoms with van der Waals surface area (Å²) in [6.07, 6.45) is 2.60. The minimum atomic E-state index is -0.0892. The quantitative estimate of drug-likeness (QED) is 0.841. The van der Waals surface area contributed by atoms with Crippen LogP contribution in [0.1, 0.15) is 38.7 Å². The number of ether oxygens (including phenoxy) is 1. The minimum Gasteiger partial charge on any atom is -0.489 e. The number of rotatable bonds is 6. The number of aliphatic hydroxyl groups excluding tert-OH is 1. The standard InChI is InChI=1S/C19H30N2O3/c1-4-19(14-22)9-11-21(12-10-19)18(23)20-13-16(3)24-17-7-5-15(2)6-8-17/h5-8,16,22H,4,9-14H2,1-3H3,(H,20,23). The minimum absolute atomic E-state index is 0.00137. The van der Waals surface area contributed by atoms with Crippen LogP contribution in [0.3, 0.4) is 0 Å². The molecular weight excluding hydrogens is 304 g/mol. The highest BCUT2D eigenvalue weighted by Crippen LogP contribution is 2.34. The van der Waals surface area contributed by atoms with Gasteiger partial charge in [0.1, 0.15) is 11.9 Å². The van der Waals surface area contributed by atoms with Gasteiger partial charge in [0.15, 0.2) is 0 Å². The summed E-state index contributed by atoms with van der Waals surface area (Å²) in [5.41, 5.74) is 1.19. The van der Waals surface area contributed by atoms with Crippen molar-refractivity contribution in [2.45, 2.75) is 46.1 Å². The van der Waals surface area contributed by atoms with Crippen molar-refractivity contribution in [3.05, 3.63) is 29.8 Å². The van der Waals surface area contributed by atoms with Gasteiger partial charge in [0.05, 0.1) is 6.54 Å². The number of amides is 2. The van der Waals surface area contributed by atoms with Gasteiger partial charge in [0, 0.05) is 19.7 Å². The Labute approximate surface area is 145 Å². The molecule has 1 aromatic rings. The summed E-state index contributed by atoms with van der Waals surface area (Å²) in [5.74, 6) is 0.816. The maximum absolute atomic E-state index is 12.3. The van der Waals surface area contributed by atoms with Crippen molar-refractivity contribution in [2.24, 2.45) is 5.41 Å². The monoisotopic (exact) mass is 334 g/mol. The predicted molar refractivity (Wildman–Crippen MR) is 95.3 cm³/mol. The van der Waals surface area contributed by atoms with Crippen LogP contribution in [0.25, 0.3) is 0 Å². The van der Waals surface area contributed by atoms with Gasteiger partial charge < -0.3 is 20.1 Å². The first-order valence-corrected chi connectivity index (χ1v) is 8.85. The fourth-order valence-corrected chi connectivity index (χ4v) is 3.04. The number of piperidine rings is 1. The van der Waals surface area contributed by atoms with E-state index >= 15 is 0 Å². The van der Waals surface area contributed by atoms with E-state index in [1.807, 2.05) is 43.0 Å². The van der Waals surface area contributed by atoms with E-state index in [9.17, 15) is 9.90 Å². The highest BCUT2D eigenvalue weighted by molar-refractivity contribution is 5.74. The zero-order valence-electron chi connectivity index (χ0n) is 15.0. The van der Waals surface area contributed by atoms with Gasteiger partial charge in [-0.2, -0.15) is 0 Å². The number of aryl methyl sites for hydroxylation is 1. The van der Waals surface area contributed by atoms with Crippen LogP contribution in [-0.2, 0) is 0 Å². The smallest absolute Gasteiger partial charge is 0.317 e. The molecule has 1 aromatic carbocycles. The molecule has 1 saturated heterocycles. The van der Waals surface area contributed by atoms with Crippen molar-refractivity contribution in [3.63, 3.8) is 0 Å². The van der Waals surface area contributed by atoms with Crippen molar-refractivity contribution in [3.8, 4) is 5.75 Å². The molecule has 0 aromatic heterocycles. The van der Waals surface area contributed by atoms with Crippen LogP contribution in [-0.4, -0.2) is 48.4 Å². The first-order valence-electron chi connectivity index (χ1n) is 8.85. The van der Waals surface area contributed by atoms with Crippen LogP contribution >= 0.6 is 0 Å². The van der Waals surface area contributed by atoms with E-state index in [-0.39, 0.29) is 24.2 Å². The number of hydrogen-bond acceptors (Lipinski definition) is 3. The summed E-state index contributed by atoms with van der Waals surface area (Å²) < 4.78 is 5.81. The van der Waals surface area contributed by atoms with Crippen LogP contribution in [0, 0.1) is 12.3 Å². The number of urea groups is 1. The molecule has 0 spiro atoms. The summed E-state index contributed by atoms with van der Waals surface area (Å²) in [6.45, 7) is 8.18. The van der Waals surface area contributed by atoms with E-state index in [0.717, 1.165) is 25.0 Å². The average Bonchev–Trinajstić information content (AvgIpc) is 2.61. The lowest BCUT2D eigenvalue weighted by Gasteiger charge is -2.40. The number of aliphatic hydroxyl groups is 1. The molecule has 2 rings (SSSR count). The number of nitrogens with one attached hydrogen (secondary N) is 1. The van der Waals surface area contributed by atoms with E-state index in [4.69, 9.17) is 4.74 Å². The van der Waals surface area contributed by atoms with Crippen LogP contribution in [0.4, 0.5) is 4.79 Å². The third-order valence-electron chi connectivity index (χ3n) is 5.10. The molecule has 1 heterocycles. The Morgan fingerprint density at radius 3 is 2.50 bits per heavy atom. The summed E-state index contributed by atoms with van der Waals surface area (Å²) in [5, 5.41) is 12.5.